The molecular formula is C13H19F2N3O2. The second-order valence-corrected chi connectivity index (χ2v) is 5.39. The normalized spacial score (nSPS) is 22.9. The number of hydrogen-bond acceptors (Lipinski definition) is 3. The maximum atomic E-state index is 13.6. The van der Waals surface area contributed by atoms with E-state index in [9.17, 15) is 13.6 Å². The van der Waals surface area contributed by atoms with Gasteiger partial charge in [0.1, 0.15) is 0 Å². The molecule has 0 aliphatic carbocycles. The summed E-state index contributed by atoms with van der Waals surface area (Å²) in [5.74, 6) is -5.12. The smallest absolute Gasteiger partial charge is 0.308 e. The average Bonchev–Trinajstić information content (AvgIpc) is 2.67. The third-order valence-electron chi connectivity index (χ3n) is 3.55. The highest BCUT2D eigenvalue weighted by Crippen LogP contribution is 2.31. The number of carboxylic acid groups (broad SMARTS) is 1. The first-order valence-corrected chi connectivity index (χ1v) is 6.65. The molecule has 1 aromatic heterocycles. The molecule has 2 heterocycles. The number of aliphatic carboxylic acids is 1. The van der Waals surface area contributed by atoms with Crippen LogP contribution in [0.2, 0.25) is 0 Å². The van der Waals surface area contributed by atoms with E-state index in [4.69, 9.17) is 5.11 Å². The molecule has 1 aliphatic rings. The van der Waals surface area contributed by atoms with Gasteiger partial charge in [0.25, 0.3) is 5.92 Å². The van der Waals surface area contributed by atoms with E-state index < -0.39 is 30.8 Å². The molecule has 1 aliphatic heterocycles. The number of alkyl halides is 2. The highest BCUT2D eigenvalue weighted by atomic mass is 19.3. The van der Waals surface area contributed by atoms with E-state index >= 15 is 0 Å². The number of halogens is 2. The maximum Gasteiger partial charge on any atom is 0.308 e. The number of piperidine rings is 1. The summed E-state index contributed by atoms with van der Waals surface area (Å²) in [5, 5.41) is 13.3. The Labute approximate surface area is 116 Å². The van der Waals surface area contributed by atoms with E-state index in [1.54, 1.807) is 17.9 Å². The van der Waals surface area contributed by atoms with E-state index in [1.165, 1.54) is 4.90 Å². The Kier molecular flexibility index (Phi) is 4.08. The van der Waals surface area contributed by atoms with E-state index in [2.05, 4.69) is 5.10 Å². The van der Waals surface area contributed by atoms with Crippen LogP contribution in [0.3, 0.4) is 0 Å². The number of carboxylic acids is 1. The third-order valence-corrected chi connectivity index (χ3v) is 3.55. The number of carbonyl (C=O) groups is 1. The van der Waals surface area contributed by atoms with Gasteiger partial charge in [0.2, 0.25) is 0 Å². The number of aromatic nitrogens is 2. The van der Waals surface area contributed by atoms with Gasteiger partial charge < -0.3 is 5.11 Å². The molecule has 2 rings (SSSR count). The van der Waals surface area contributed by atoms with Crippen molar-refractivity contribution in [3.63, 3.8) is 0 Å². The molecule has 0 radical (unpaired) electrons. The molecule has 1 unspecified atom stereocenters. The van der Waals surface area contributed by atoms with Crippen molar-refractivity contribution in [2.24, 2.45) is 13.0 Å². The van der Waals surface area contributed by atoms with Crippen LogP contribution in [0.25, 0.3) is 0 Å². The van der Waals surface area contributed by atoms with Gasteiger partial charge in [-0.1, -0.05) is 6.92 Å². The lowest BCUT2D eigenvalue weighted by Gasteiger charge is -2.35. The number of nitrogens with zero attached hydrogens (tertiary/aromatic N) is 3. The van der Waals surface area contributed by atoms with Crippen LogP contribution in [-0.4, -0.2) is 44.8 Å². The molecule has 0 aromatic carbocycles. The van der Waals surface area contributed by atoms with Crippen molar-refractivity contribution in [3.05, 3.63) is 17.5 Å². The first kappa shape index (κ1) is 14.9. The lowest BCUT2D eigenvalue weighted by Crippen LogP contribution is -2.48. The second-order valence-electron chi connectivity index (χ2n) is 5.39. The predicted octanol–water partition coefficient (Wildman–Crippen LogP) is 1.52. The second kappa shape index (κ2) is 5.47. The Morgan fingerprint density at radius 1 is 1.60 bits per heavy atom. The van der Waals surface area contributed by atoms with Crippen molar-refractivity contribution < 1.29 is 18.7 Å². The van der Waals surface area contributed by atoms with Crippen LogP contribution in [-0.2, 0) is 24.8 Å². The summed E-state index contributed by atoms with van der Waals surface area (Å²) in [4.78, 5) is 12.5. The maximum absolute atomic E-state index is 13.6. The first-order valence-electron chi connectivity index (χ1n) is 6.65. The number of hydrogen-bond donors (Lipinski definition) is 1. The van der Waals surface area contributed by atoms with Gasteiger partial charge >= 0.3 is 5.97 Å². The fourth-order valence-electron chi connectivity index (χ4n) is 2.73. The fourth-order valence-corrected chi connectivity index (χ4v) is 2.73. The van der Waals surface area contributed by atoms with Crippen molar-refractivity contribution in [3.8, 4) is 0 Å². The first-order chi connectivity index (χ1) is 9.30. The summed E-state index contributed by atoms with van der Waals surface area (Å²) in [7, 11) is 1.79. The third kappa shape index (κ3) is 3.33. The quantitative estimate of drug-likeness (QED) is 0.912. The molecule has 20 heavy (non-hydrogen) atoms. The van der Waals surface area contributed by atoms with E-state index in [0.717, 1.165) is 17.7 Å². The molecule has 0 amide bonds. The van der Waals surface area contributed by atoms with Gasteiger partial charge in [0, 0.05) is 38.3 Å². The van der Waals surface area contributed by atoms with E-state index in [-0.39, 0.29) is 6.54 Å². The van der Waals surface area contributed by atoms with Crippen LogP contribution < -0.4 is 0 Å². The Morgan fingerprint density at radius 2 is 2.30 bits per heavy atom. The van der Waals surface area contributed by atoms with Crippen LogP contribution in [0.1, 0.15) is 24.6 Å². The molecule has 5 nitrogen and oxygen atoms in total. The highest BCUT2D eigenvalue weighted by Gasteiger charge is 2.43. The van der Waals surface area contributed by atoms with Crippen molar-refractivity contribution >= 4 is 5.97 Å². The van der Waals surface area contributed by atoms with Gasteiger partial charge in [-0.2, -0.15) is 5.10 Å². The molecular weight excluding hydrogens is 268 g/mol. The van der Waals surface area contributed by atoms with Crippen LogP contribution in [0.4, 0.5) is 8.78 Å². The monoisotopic (exact) mass is 287 g/mol. The minimum atomic E-state index is -2.95. The van der Waals surface area contributed by atoms with Crippen molar-refractivity contribution in [1.82, 2.24) is 14.7 Å². The zero-order valence-electron chi connectivity index (χ0n) is 11.6. The molecule has 1 atom stereocenters. The average molecular weight is 287 g/mol. The van der Waals surface area contributed by atoms with Gasteiger partial charge in [-0.05, 0) is 6.42 Å². The fraction of sp³-hybridized carbons (Fsp3) is 0.692. The summed E-state index contributed by atoms with van der Waals surface area (Å²) in [5.41, 5.74) is 1.75. The van der Waals surface area contributed by atoms with Gasteiger partial charge in [-0.25, -0.2) is 8.78 Å². The summed E-state index contributed by atoms with van der Waals surface area (Å²) in [6.45, 7) is 2.03. The molecule has 1 aromatic rings. The van der Waals surface area contributed by atoms with Gasteiger partial charge in [0.15, 0.2) is 0 Å². The predicted molar refractivity (Wildman–Crippen MR) is 68.6 cm³/mol. The van der Waals surface area contributed by atoms with Crippen molar-refractivity contribution in [1.29, 1.82) is 0 Å². The molecule has 0 spiro atoms. The largest absolute Gasteiger partial charge is 0.481 e. The van der Waals surface area contributed by atoms with Crippen molar-refractivity contribution in [2.45, 2.75) is 32.2 Å². The molecule has 1 fully saturated rings. The summed E-state index contributed by atoms with van der Waals surface area (Å²) in [6.07, 6.45) is 1.95. The van der Waals surface area contributed by atoms with Gasteiger partial charge in [0.05, 0.1) is 18.2 Å². The zero-order valence-corrected chi connectivity index (χ0v) is 11.6. The number of rotatable bonds is 4. The standard InChI is InChI=1S/C13H19F2N3O2/c1-3-11-10(5-17(2)16-11)7-18-6-9(12(19)20)4-13(14,15)8-18/h5,9H,3-4,6-8H2,1-2H3,(H,19,20). The van der Waals surface area contributed by atoms with Gasteiger partial charge in [-0.3, -0.25) is 14.4 Å². The van der Waals surface area contributed by atoms with E-state index in [0.29, 0.717) is 6.54 Å². The lowest BCUT2D eigenvalue weighted by molar-refractivity contribution is -0.153. The zero-order chi connectivity index (χ0) is 14.9. The summed E-state index contributed by atoms with van der Waals surface area (Å²) >= 11 is 0. The summed E-state index contributed by atoms with van der Waals surface area (Å²) in [6, 6.07) is 0. The minimum absolute atomic E-state index is 0.156. The Hall–Kier alpha value is -1.50. The molecule has 0 bridgehead atoms. The Balaban J connectivity index is 2.13. The minimum Gasteiger partial charge on any atom is -0.481 e. The number of likely N-dealkylation sites (tertiary alicyclic amines) is 1. The topological polar surface area (TPSA) is 58.4 Å². The van der Waals surface area contributed by atoms with Crippen LogP contribution in [0, 0.1) is 5.92 Å². The van der Waals surface area contributed by atoms with Gasteiger partial charge in [-0.15, -0.1) is 0 Å². The lowest BCUT2D eigenvalue weighted by atomic mass is 9.95. The number of aryl methyl sites for hydroxylation is 2. The van der Waals surface area contributed by atoms with Crippen LogP contribution >= 0.6 is 0 Å². The highest BCUT2D eigenvalue weighted by molar-refractivity contribution is 5.70. The van der Waals surface area contributed by atoms with Crippen molar-refractivity contribution in [2.75, 3.05) is 13.1 Å². The van der Waals surface area contributed by atoms with E-state index in [1.807, 2.05) is 6.92 Å². The molecule has 0 saturated carbocycles. The SMILES string of the molecule is CCc1nn(C)cc1CN1CC(C(=O)O)CC(F)(F)C1. The molecule has 7 heteroatoms. The van der Waals surface area contributed by atoms with Crippen LogP contribution in [0.5, 0.6) is 0 Å². The molecule has 1 N–H and O–H groups in total. The molecule has 112 valence electrons. The van der Waals surface area contributed by atoms with Crippen LogP contribution in [0.15, 0.2) is 6.20 Å². The Bertz CT molecular complexity index is 502. The summed E-state index contributed by atoms with van der Waals surface area (Å²) < 4.78 is 28.9. The molecule has 1 saturated heterocycles. The Morgan fingerprint density at radius 3 is 2.90 bits per heavy atom.